The van der Waals surface area contributed by atoms with Gasteiger partial charge in [-0.2, -0.15) is 0 Å². The Kier molecular flexibility index (Phi) is 4.37. The van der Waals surface area contributed by atoms with Crippen LogP contribution in [0, 0.1) is 0 Å². The molecule has 1 aliphatic rings. The number of carbonyl (C=O) groups is 2. The highest BCUT2D eigenvalue weighted by Crippen LogP contribution is 2.25. The minimum atomic E-state index is -1.17. The van der Waals surface area contributed by atoms with Crippen molar-refractivity contribution in [2.45, 2.75) is 58.0 Å². The lowest BCUT2D eigenvalue weighted by Gasteiger charge is -2.42. The minimum absolute atomic E-state index is 0.114. The van der Waals surface area contributed by atoms with Crippen molar-refractivity contribution < 1.29 is 14.7 Å². The van der Waals surface area contributed by atoms with E-state index in [-0.39, 0.29) is 5.91 Å². The van der Waals surface area contributed by atoms with Crippen molar-refractivity contribution >= 4 is 11.9 Å². The van der Waals surface area contributed by atoms with Gasteiger partial charge in [0, 0.05) is 6.54 Å². The van der Waals surface area contributed by atoms with E-state index in [2.05, 4.69) is 5.32 Å². The van der Waals surface area contributed by atoms with Crippen molar-refractivity contribution in [2.24, 2.45) is 0 Å². The molecule has 2 N–H and O–H groups in total. The van der Waals surface area contributed by atoms with Crippen molar-refractivity contribution in [3.63, 3.8) is 0 Å². The normalized spacial score (nSPS) is 24.7. The maximum atomic E-state index is 12.6. The quantitative estimate of drug-likeness (QED) is 0.793. The number of hydrogen-bond acceptors (Lipinski definition) is 3. The second kappa shape index (κ2) is 5.26. The van der Waals surface area contributed by atoms with Crippen LogP contribution in [-0.2, 0) is 9.59 Å². The number of carboxylic acid groups (broad SMARTS) is 1. The van der Waals surface area contributed by atoms with Crippen LogP contribution in [0.2, 0.25) is 0 Å². The number of aliphatic carboxylic acids is 1. The molecule has 18 heavy (non-hydrogen) atoms. The lowest BCUT2D eigenvalue weighted by molar-refractivity contribution is -0.160. The number of hydrogen-bond donors (Lipinski definition) is 2. The molecule has 5 nitrogen and oxygen atoms in total. The van der Waals surface area contributed by atoms with Crippen molar-refractivity contribution in [1.82, 2.24) is 10.2 Å². The highest BCUT2D eigenvalue weighted by Gasteiger charge is 2.44. The predicted molar refractivity (Wildman–Crippen MR) is 69.4 cm³/mol. The second-order valence-corrected chi connectivity index (χ2v) is 5.63. The molecule has 1 aliphatic heterocycles. The minimum Gasteiger partial charge on any atom is -0.480 e. The Labute approximate surface area is 109 Å². The van der Waals surface area contributed by atoms with Crippen LogP contribution >= 0.6 is 0 Å². The Hall–Kier alpha value is -1.10. The fourth-order valence-corrected chi connectivity index (χ4v) is 2.44. The summed E-state index contributed by atoms with van der Waals surface area (Å²) >= 11 is 0. The van der Waals surface area contributed by atoms with Gasteiger partial charge in [-0.1, -0.05) is 0 Å². The van der Waals surface area contributed by atoms with E-state index in [1.807, 2.05) is 13.8 Å². The van der Waals surface area contributed by atoms with Gasteiger partial charge in [0.05, 0.1) is 5.54 Å². The number of piperidine rings is 1. The lowest BCUT2D eigenvalue weighted by atomic mass is 9.87. The summed E-state index contributed by atoms with van der Waals surface area (Å²) in [5.74, 6) is -1.09. The molecule has 1 amide bonds. The van der Waals surface area contributed by atoms with Gasteiger partial charge in [0.1, 0.15) is 5.54 Å². The molecule has 1 atom stereocenters. The maximum absolute atomic E-state index is 12.6. The monoisotopic (exact) mass is 256 g/mol. The van der Waals surface area contributed by atoms with Gasteiger partial charge in [0.2, 0.25) is 5.91 Å². The van der Waals surface area contributed by atoms with Crippen molar-refractivity contribution in [2.75, 3.05) is 13.1 Å². The van der Waals surface area contributed by atoms with Gasteiger partial charge in [-0.25, -0.2) is 4.79 Å². The van der Waals surface area contributed by atoms with Crippen LogP contribution in [0.5, 0.6) is 0 Å². The molecule has 104 valence electrons. The molecule has 0 aromatic heterocycles. The van der Waals surface area contributed by atoms with Crippen LogP contribution in [0.1, 0.15) is 47.0 Å². The van der Waals surface area contributed by atoms with E-state index in [9.17, 15) is 14.7 Å². The molecule has 5 heteroatoms. The van der Waals surface area contributed by atoms with E-state index in [1.54, 1.807) is 13.8 Å². The third kappa shape index (κ3) is 2.66. The molecule has 0 aromatic carbocycles. The van der Waals surface area contributed by atoms with Gasteiger partial charge in [0.25, 0.3) is 0 Å². The maximum Gasteiger partial charge on any atom is 0.329 e. The van der Waals surface area contributed by atoms with E-state index in [0.29, 0.717) is 6.54 Å². The van der Waals surface area contributed by atoms with Crippen molar-refractivity contribution in [3.8, 4) is 0 Å². The number of rotatable bonds is 4. The average Bonchev–Trinajstić information content (AvgIpc) is 2.30. The van der Waals surface area contributed by atoms with Crippen LogP contribution in [0.3, 0.4) is 0 Å². The summed E-state index contributed by atoms with van der Waals surface area (Å²) in [7, 11) is 0. The van der Waals surface area contributed by atoms with Gasteiger partial charge < -0.3 is 15.3 Å². The van der Waals surface area contributed by atoms with Crippen LogP contribution in [0.25, 0.3) is 0 Å². The Morgan fingerprint density at radius 2 is 2.00 bits per heavy atom. The van der Waals surface area contributed by atoms with E-state index in [1.165, 1.54) is 4.90 Å². The Balaban J connectivity index is 2.95. The fourth-order valence-electron chi connectivity index (χ4n) is 2.44. The SMILES string of the molecule is CCN(C(=O)C1(C)CCCCN1)C(C)(C)C(=O)O. The summed E-state index contributed by atoms with van der Waals surface area (Å²) in [4.78, 5) is 25.4. The molecule has 0 radical (unpaired) electrons. The number of nitrogens with one attached hydrogen (secondary N) is 1. The lowest BCUT2D eigenvalue weighted by Crippen LogP contribution is -2.63. The van der Waals surface area contributed by atoms with Gasteiger partial charge in [0.15, 0.2) is 0 Å². The topological polar surface area (TPSA) is 69.6 Å². The molecular formula is C13H24N2O3. The molecule has 1 fully saturated rings. The molecule has 0 bridgehead atoms. The number of carboxylic acids is 1. The molecule has 0 aromatic rings. The van der Waals surface area contributed by atoms with E-state index < -0.39 is 17.0 Å². The first-order valence-corrected chi connectivity index (χ1v) is 6.56. The Morgan fingerprint density at radius 1 is 1.39 bits per heavy atom. The number of likely N-dealkylation sites (N-methyl/N-ethyl adjacent to an activating group) is 1. The standard InChI is InChI=1S/C13H24N2O3/c1-5-15(12(2,3)11(17)18)10(16)13(4)8-6-7-9-14-13/h14H,5-9H2,1-4H3,(H,17,18). The first kappa shape index (κ1) is 15.0. The summed E-state index contributed by atoms with van der Waals surface area (Å²) in [6, 6.07) is 0. The Morgan fingerprint density at radius 3 is 2.39 bits per heavy atom. The molecule has 0 aliphatic carbocycles. The fraction of sp³-hybridized carbons (Fsp3) is 0.846. The van der Waals surface area contributed by atoms with Crippen LogP contribution in [0.15, 0.2) is 0 Å². The zero-order chi connectivity index (χ0) is 14.0. The molecule has 1 unspecified atom stereocenters. The van der Waals surface area contributed by atoms with E-state index >= 15 is 0 Å². The highest BCUT2D eigenvalue weighted by molar-refractivity contribution is 5.91. The predicted octanol–water partition coefficient (Wildman–Crippen LogP) is 1.23. The Bertz CT molecular complexity index is 333. The number of carbonyl (C=O) groups excluding carboxylic acids is 1. The summed E-state index contributed by atoms with van der Waals surface area (Å²) < 4.78 is 0. The zero-order valence-corrected chi connectivity index (χ0v) is 11.7. The number of nitrogens with zero attached hydrogens (tertiary/aromatic N) is 1. The molecule has 1 heterocycles. The van der Waals surface area contributed by atoms with Crippen LogP contribution in [-0.4, -0.2) is 46.1 Å². The molecular weight excluding hydrogens is 232 g/mol. The number of amides is 1. The van der Waals surface area contributed by atoms with E-state index in [4.69, 9.17) is 0 Å². The summed E-state index contributed by atoms with van der Waals surface area (Å²) in [6.07, 6.45) is 2.83. The largest absolute Gasteiger partial charge is 0.480 e. The van der Waals surface area contributed by atoms with Gasteiger partial charge in [-0.15, -0.1) is 0 Å². The van der Waals surface area contributed by atoms with E-state index in [0.717, 1.165) is 25.8 Å². The summed E-state index contributed by atoms with van der Waals surface area (Å²) in [6.45, 7) is 8.04. The molecule has 0 spiro atoms. The first-order chi connectivity index (χ1) is 8.25. The van der Waals surface area contributed by atoms with Crippen LogP contribution < -0.4 is 5.32 Å². The third-order valence-corrected chi connectivity index (χ3v) is 3.85. The molecule has 1 rings (SSSR count). The van der Waals surface area contributed by atoms with Crippen molar-refractivity contribution in [1.29, 1.82) is 0 Å². The molecule has 1 saturated heterocycles. The van der Waals surface area contributed by atoms with Crippen molar-refractivity contribution in [3.05, 3.63) is 0 Å². The second-order valence-electron chi connectivity index (χ2n) is 5.63. The van der Waals surface area contributed by atoms with Gasteiger partial charge >= 0.3 is 5.97 Å². The molecule has 0 saturated carbocycles. The van der Waals surface area contributed by atoms with Gasteiger partial charge in [-0.3, -0.25) is 4.79 Å². The van der Waals surface area contributed by atoms with Gasteiger partial charge in [-0.05, 0) is 53.5 Å². The zero-order valence-electron chi connectivity index (χ0n) is 11.7. The summed E-state index contributed by atoms with van der Waals surface area (Å²) in [5, 5.41) is 12.5. The highest BCUT2D eigenvalue weighted by atomic mass is 16.4. The average molecular weight is 256 g/mol. The first-order valence-electron chi connectivity index (χ1n) is 6.56. The third-order valence-electron chi connectivity index (χ3n) is 3.85. The summed E-state index contributed by atoms with van der Waals surface area (Å²) in [5.41, 5.74) is -1.80. The smallest absolute Gasteiger partial charge is 0.329 e. The van der Waals surface area contributed by atoms with Crippen LogP contribution in [0.4, 0.5) is 0 Å².